The first-order valence-corrected chi connectivity index (χ1v) is 7.04. The first-order chi connectivity index (χ1) is 12.0. The molecule has 0 bridgehead atoms. The van der Waals surface area contributed by atoms with E-state index in [1.165, 1.54) is 14.0 Å². The van der Waals surface area contributed by atoms with Gasteiger partial charge in [0.1, 0.15) is 35.4 Å². The third-order valence-electron chi connectivity index (χ3n) is 3.27. The van der Waals surface area contributed by atoms with Crippen molar-refractivity contribution in [1.29, 1.82) is 15.8 Å². The van der Waals surface area contributed by atoms with Gasteiger partial charge in [0.25, 0.3) is 0 Å². The Bertz CT molecular complexity index is 965. The van der Waals surface area contributed by atoms with Crippen molar-refractivity contribution in [3.8, 4) is 35.3 Å². The molecule has 122 valence electrons. The number of hydrogen-bond acceptors (Lipinski definition) is 7. The van der Waals surface area contributed by atoms with Crippen LogP contribution in [0.2, 0.25) is 0 Å². The summed E-state index contributed by atoms with van der Waals surface area (Å²) in [6, 6.07) is 13.2. The summed E-state index contributed by atoms with van der Waals surface area (Å²) in [5.41, 5.74) is 0.599. The van der Waals surface area contributed by atoms with Crippen LogP contribution in [0.3, 0.4) is 0 Å². The Kier molecular flexibility index (Phi) is 5.20. The maximum atomic E-state index is 11.4. The lowest BCUT2D eigenvalue weighted by atomic mass is 10.1. The summed E-state index contributed by atoms with van der Waals surface area (Å²) < 4.78 is 10.8. The van der Waals surface area contributed by atoms with Gasteiger partial charge in [-0.1, -0.05) is 0 Å². The van der Waals surface area contributed by atoms with Gasteiger partial charge in [-0.3, -0.25) is 4.79 Å². The number of ketones is 1. The molecule has 7 nitrogen and oxygen atoms in total. The highest BCUT2D eigenvalue weighted by molar-refractivity contribution is 5.92. The van der Waals surface area contributed by atoms with Crippen molar-refractivity contribution >= 4 is 11.5 Å². The Balaban J connectivity index is 2.42. The number of nitrogens with zero attached hydrogens (tertiary/aromatic N) is 3. The van der Waals surface area contributed by atoms with E-state index < -0.39 is 0 Å². The quantitative estimate of drug-likeness (QED) is 0.657. The zero-order chi connectivity index (χ0) is 18.4. The van der Waals surface area contributed by atoms with Crippen molar-refractivity contribution in [2.45, 2.75) is 6.92 Å². The average Bonchev–Trinajstić information content (AvgIpc) is 3.11. The molecule has 2 aromatic rings. The lowest BCUT2D eigenvalue weighted by Gasteiger charge is -2.10. The Labute approximate surface area is 144 Å². The molecule has 0 aliphatic heterocycles. The van der Waals surface area contributed by atoms with Crippen molar-refractivity contribution in [2.24, 2.45) is 0 Å². The molecule has 7 heteroatoms. The van der Waals surface area contributed by atoms with E-state index in [2.05, 4.69) is 5.32 Å². The van der Waals surface area contributed by atoms with Gasteiger partial charge in [0.15, 0.2) is 17.1 Å². The predicted octanol–water partition coefficient (Wildman–Crippen LogP) is 3.39. The van der Waals surface area contributed by atoms with Gasteiger partial charge >= 0.3 is 0 Å². The summed E-state index contributed by atoms with van der Waals surface area (Å²) in [5.74, 6) is 0.941. The molecular weight excluding hydrogens is 320 g/mol. The second-order valence-electron chi connectivity index (χ2n) is 4.85. The fourth-order valence-electron chi connectivity index (χ4n) is 2.07. The van der Waals surface area contributed by atoms with Crippen LogP contribution in [0.5, 0.6) is 5.75 Å². The Morgan fingerprint density at radius 1 is 1.12 bits per heavy atom. The molecule has 0 fully saturated rings. The number of nitrogens with one attached hydrogen (secondary N) is 1. The Hall–Kier alpha value is -4.02. The molecule has 25 heavy (non-hydrogen) atoms. The molecule has 0 radical (unpaired) electrons. The Morgan fingerprint density at radius 2 is 1.84 bits per heavy atom. The number of rotatable bonds is 5. The third kappa shape index (κ3) is 3.67. The van der Waals surface area contributed by atoms with Crippen LogP contribution in [0.15, 0.2) is 46.0 Å². The van der Waals surface area contributed by atoms with E-state index in [1.807, 2.05) is 0 Å². The fourth-order valence-corrected chi connectivity index (χ4v) is 2.07. The number of carbonyl (C=O) groups excluding carboxylic acids is 1. The van der Waals surface area contributed by atoms with Gasteiger partial charge in [-0.25, -0.2) is 0 Å². The topological polar surface area (TPSA) is 123 Å². The van der Waals surface area contributed by atoms with Crippen LogP contribution in [0.1, 0.15) is 17.5 Å². The van der Waals surface area contributed by atoms with Crippen molar-refractivity contribution < 1.29 is 13.9 Å². The van der Waals surface area contributed by atoms with Gasteiger partial charge in [-0.05, 0) is 24.3 Å². The van der Waals surface area contributed by atoms with Gasteiger partial charge in [0, 0.05) is 18.7 Å². The van der Waals surface area contributed by atoms with E-state index in [0.29, 0.717) is 22.8 Å². The molecule has 1 heterocycles. The molecule has 2 rings (SSSR count). The molecule has 0 spiro atoms. The summed E-state index contributed by atoms with van der Waals surface area (Å²) >= 11 is 0. The van der Waals surface area contributed by atoms with Gasteiger partial charge in [0.05, 0.1) is 12.7 Å². The minimum atomic E-state index is -0.317. The monoisotopic (exact) mass is 332 g/mol. The number of Topliss-reactive ketones (excluding diaryl/α,β-unsaturated/α-hetero) is 1. The maximum absolute atomic E-state index is 11.4. The number of hydrogen-bond donors (Lipinski definition) is 1. The number of benzene rings is 1. The third-order valence-corrected chi connectivity index (χ3v) is 3.27. The summed E-state index contributed by atoms with van der Waals surface area (Å²) in [4.78, 5) is 11.4. The van der Waals surface area contributed by atoms with Gasteiger partial charge < -0.3 is 14.5 Å². The highest BCUT2D eigenvalue weighted by Gasteiger charge is 2.14. The van der Waals surface area contributed by atoms with Crippen LogP contribution in [0.25, 0.3) is 11.3 Å². The summed E-state index contributed by atoms with van der Waals surface area (Å²) in [6.45, 7) is 1.41. The maximum Gasteiger partial charge on any atom is 0.194 e. The number of ether oxygens (including phenoxy) is 1. The highest BCUT2D eigenvalue weighted by atomic mass is 16.5. The zero-order valence-corrected chi connectivity index (χ0v) is 13.5. The summed E-state index contributed by atoms with van der Waals surface area (Å²) in [7, 11) is 1.47. The van der Waals surface area contributed by atoms with Crippen LogP contribution in [0.4, 0.5) is 5.69 Å². The smallest absolute Gasteiger partial charge is 0.194 e. The summed E-state index contributed by atoms with van der Waals surface area (Å²) in [5, 5.41) is 29.5. The van der Waals surface area contributed by atoms with E-state index in [9.17, 15) is 4.79 Å². The largest absolute Gasteiger partial charge is 0.496 e. The number of carbonyl (C=O) groups is 1. The van der Waals surface area contributed by atoms with E-state index >= 15 is 0 Å². The fraction of sp³-hybridized carbons (Fsp3) is 0.111. The number of methoxy groups -OCH3 is 1. The van der Waals surface area contributed by atoms with Crippen molar-refractivity contribution in [2.75, 3.05) is 12.4 Å². The molecule has 0 unspecified atom stereocenters. The molecule has 0 saturated carbocycles. The van der Waals surface area contributed by atoms with Gasteiger partial charge in [-0.2, -0.15) is 15.8 Å². The zero-order valence-electron chi connectivity index (χ0n) is 13.5. The van der Waals surface area contributed by atoms with Crippen LogP contribution in [0, 0.1) is 34.0 Å². The minimum Gasteiger partial charge on any atom is -0.496 e. The van der Waals surface area contributed by atoms with Crippen LogP contribution >= 0.6 is 0 Å². The molecule has 1 aromatic heterocycles. The lowest BCUT2D eigenvalue weighted by molar-refractivity contribution is 0.0988. The van der Waals surface area contributed by atoms with Crippen molar-refractivity contribution in [3.63, 3.8) is 0 Å². The van der Waals surface area contributed by atoms with E-state index in [0.717, 1.165) is 0 Å². The number of anilines is 1. The standard InChI is InChI=1S/C18H12N4O3/c1-11(23)16-5-6-17(25-16)14-4-3-13(7-18(14)24-2)22-15(10-21)12(8-19)9-20/h3-7,22H,1-2H3. The molecule has 1 aromatic carbocycles. The first kappa shape index (κ1) is 17.3. The second-order valence-corrected chi connectivity index (χ2v) is 4.85. The van der Waals surface area contributed by atoms with E-state index in [-0.39, 0.29) is 22.8 Å². The van der Waals surface area contributed by atoms with Gasteiger partial charge in [-0.15, -0.1) is 0 Å². The minimum absolute atomic E-state index is 0.156. The Morgan fingerprint density at radius 3 is 2.36 bits per heavy atom. The van der Waals surface area contributed by atoms with E-state index in [1.54, 1.807) is 48.5 Å². The number of allylic oxidation sites excluding steroid dienone is 2. The number of nitriles is 3. The van der Waals surface area contributed by atoms with Crippen LogP contribution < -0.4 is 10.1 Å². The van der Waals surface area contributed by atoms with Crippen molar-refractivity contribution in [3.05, 3.63) is 47.4 Å². The van der Waals surface area contributed by atoms with Crippen molar-refractivity contribution in [1.82, 2.24) is 0 Å². The van der Waals surface area contributed by atoms with Crippen LogP contribution in [-0.2, 0) is 0 Å². The molecule has 0 aliphatic carbocycles. The SMILES string of the molecule is COc1cc(NC(C#N)=C(C#N)C#N)ccc1-c1ccc(C(C)=O)o1. The van der Waals surface area contributed by atoms with Crippen LogP contribution in [-0.4, -0.2) is 12.9 Å². The van der Waals surface area contributed by atoms with E-state index in [4.69, 9.17) is 24.9 Å². The molecular formula is C18H12N4O3. The molecule has 0 amide bonds. The lowest BCUT2D eigenvalue weighted by Crippen LogP contribution is -2.01. The van der Waals surface area contributed by atoms with Gasteiger partial charge in [0.2, 0.25) is 0 Å². The second kappa shape index (κ2) is 7.50. The molecule has 0 aliphatic rings. The average molecular weight is 332 g/mol. The molecule has 1 N–H and O–H groups in total. The number of furan rings is 1. The summed E-state index contributed by atoms with van der Waals surface area (Å²) in [6.07, 6.45) is 0. The first-order valence-electron chi connectivity index (χ1n) is 7.04. The normalized spacial score (nSPS) is 9.24. The molecule has 0 saturated heterocycles. The highest BCUT2D eigenvalue weighted by Crippen LogP contribution is 2.34. The molecule has 0 atom stereocenters. The predicted molar refractivity (Wildman–Crippen MR) is 88.2 cm³/mol.